The largest absolute Gasteiger partial charge is 0.481 e. The van der Waals surface area contributed by atoms with Crippen LogP contribution in [0.4, 0.5) is 0 Å². The first-order valence-electron chi connectivity index (χ1n) is 11.6. The van der Waals surface area contributed by atoms with E-state index in [1.54, 1.807) is 0 Å². The van der Waals surface area contributed by atoms with Crippen LogP contribution in [0.2, 0.25) is 0 Å². The third-order valence-electron chi connectivity index (χ3n) is 5.07. The van der Waals surface area contributed by atoms with Crippen LogP contribution in [0.15, 0.2) is 0 Å². The van der Waals surface area contributed by atoms with Crippen molar-refractivity contribution in [2.45, 2.75) is 129 Å². The lowest BCUT2D eigenvalue weighted by Crippen LogP contribution is -1.94. The molecule has 0 heterocycles. The Morgan fingerprint density at radius 2 is 0.923 bits per heavy atom. The van der Waals surface area contributed by atoms with Crippen molar-refractivity contribution in [2.24, 2.45) is 0 Å². The molecule has 0 radical (unpaired) electrons. The molecule has 0 spiro atoms. The Labute approximate surface area is 168 Å². The van der Waals surface area contributed by atoms with E-state index in [4.69, 9.17) is 5.11 Å². The Hall–Kier alpha value is -0.180. The molecule has 156 valence electrons. The summed E-state index contributed by atoms with van der Waals surface area (Å²) in [7, 11) is 0. The quantitative estimate of drug-likeness (QED) is 0.190. The monoisotopic (exact) mass is 386 g/mol. The minimum atomic E-state index is -0.659. The molecule has 0 aromatic rings. The van der Waals surface area contributed by atoms with E-state index in [9.17, 15) is 4.79 Å². The molecule has 0 unspecified atom stereocenters. The second-order valence-electron chi connectivity index (χ2n) is 7.77. The third-order valence-corrected chi connectivity index (χ3v) is 6.23. The summed E-state index contributed by atoms with van der Waals surface area (Å²) in [4.78, 5) is 10.4. The maximum Gasteiger partial charge on any atom is 0.303 e. The van der Waals surface area contributed by atoms with Gasteiger partial charge in [0, 0.05) is 6.42 Å². The molecule has 0 bridgehead atoms. The number of rotatable bonds is 22. The van der Waals surface area contributed by atoms with E-state index < -0.39 is 5.97 Å². The molecular weight excluding hydrogens is 340 g/mol. The van der Waals surface area contributed by atoms with Crippen molar-refractivity contribution in [3.05, 3.63) is 0 Å². The second kappa shape index (κ2) is 22.9. The van der Waals surface area contributed by atoms with Gasteiger partial charge in [0.25, 0.3) is 0 Å². The topological polar surface area (TPSA) is 37.3 Å². The maximum atomic E-state index is 10.4. The highest BCUT2D eigenvalue weighted by Gasteiger charge is 1.97. The van der Waals surface area contributed by atoms with Crippen LogP contribution in [-0.2, 0) is 4.79 Å². The van der Waals surface area contributed by atoms with E-state index in [2.05, 4.69) is 6.92 Å². The van der Waals surface area contributed by atoms with Gasteiger partial charge in [0.2, 0.25) is 0 Å². The zero-order chi connectivity index (χ0) is 19.1. The fraction of sp³-hybridized carbons (Fsp3) is 0.957. The van der Waals surface area contributed by atoms with Crippen molar-refractivity contribution < 1.29 is 9.90 Å². The molecule has 0 amide bonds. The van der Waals surface area contributed by atoms with Gasteiger partial charge in [-0.3, -0.25) is 4.79 Å². The normalized spacial score (nSPS) is 11.1. The molecule has 0 aliphatic carbocycles. The van der Waals surface area contributed by atoms with Gasteiger partial charge in [-0.05, 0) is 30.8 Å². The fourth-order valence-electron chi connectivity index (χ4n) is 3.33. The first-order chi connectivity index (χ1) is 12.8. The summed E-state index contributed by atoms with van der Waals surface area (Å²) in [6, 6.07) is 0. The van der Waals surface area contributed by atoms with Gasteiger partial charge >= 0.3 is 5.97 Å². The SMILES string of the molecule is CCCCCCCCCCCCCCCCCCSCCCCC(=O)O. The number of unbranched alkanes of at least 4 members (excludes halogenated alkanes) is 16. The van der Waals surface area contributed by atoms with E-state index >= 15 is 0 Å². The van der Waals surface area contributed by atoms with E-state index in [0.717, 1.165) is 18.6 Å². The standard InChI is InChI=1S/C23H46O2S/c1-2-3-4-5-6-7-8-9-10-11-12-13-14-15-16-18-21-26-22-19-17-20-23(24)25/h2-22H2,1H3,(H,24,25). The van der Waals surface area contributed by atoms with Crippen molar-refractivity contribution in [1.82, 2.24) is 0 Å². The van der Waals surface area contributed by atoms with Crippen LogP contribution in [0.25, 0.3) is 0 Å². The molecule has 0 saturated carbocycles. The summed E-state index contributed by atoms with van der Waals surface area (Å²) in [5.41, 5.74) is 0. The van der Waals surface area contributed by atoms with E-state index in [0.29, 0.717) is 6.42 Å². The van der Waals surface area contributed by atoms with Gasteiger partial charge in [-0.2, -0.15) is 11.8 Å². The van der Waals surface area contributed by atoms with Crippen LogP contribution in [0.1, 0.15) is 129 Å². The van der Waals surface area contributed by atoms with Crippen molar-refractivity contribution in [3.63, 3.8) is 0 Å². The Morgan fingerprint density at radius 3 is 1.31 bits per heavy atom. The number of hydrogen-bond acceptors (Lipinski definition) is 2. The zero-order valence-corrected chi connectivity index (χ0v) is 18.4. The predicted octanol–water partition coefficient (Wildman–Crippen LogP) is 8.24. The smallest absolute Gasteiger partial charge is 0.303 e. The van der Waals surface area contributed by atoms with E-state index in [1.807, 2.05) is 11.8 Å². The Balaban J connectivity index is 2.98. The first-order valence-corrected chi connectivity index (χ1v) is 12.7. The summed E-state index contributed by atoms with van der Waals surface area (Å²) in [6.07, 6.45) is 25.0. The maximum absolute atomic E-state index is 10.4. The minimum absolute atomic E-state index is 0.333. The van der Waals surface area contributed by atoms with Crippen molar-refractivity contribution >= 4 is 17.7 Å². The molecule has 0 atom stereocenters. The molecule has 0 fully saturated rings. The summed E-state index contributed by atoms with van der Waals surface area (Å²) >= 11 is 2.00. The molecule has 2 nitrogen and oxygen atoms in total. The Bertz CT molecular complexity index is 281. The van der Waals surface area contributed by atoms with Gasteiger partial charge in [-0.15, -0.1) is 0 Å². The molecule has 0 aromatic heterocycles. The molecule has 0 aliphatic heterocycles. The highest BCUT2D eigenvalue weighted by molar-refractivity contribution is 7.99. The van der Waals surface area contributed by atoms with E-state index in [-0.39, 0.29) is 0 Å². The zero-order valence-electron chi connectivity index (χ0n) is 17.6. The average molecular weight is 387 g/mol. The summed E-state index contributed by atoms with van der Waals surface area (Å²) in [5.74, 6) is 1.73. The van der Waals surface area contributed by atoms with Crippen LogP contribution in [0.5, 0.6) is 0 Å². The lowest BCUT2D eigenvalue weighted by molar-refractivity contribution is -0.137. The second-order valence-corrected chi connectivity index (χ2v) is 8.99. The summed E-state index contributed by atoms with van der Waals surface area (Å²) < 4.78 is 0. The van der Waals surface area contributed by atoms with Gasteiger partial charge in [-0.25, -0.2) is 0 Å². The molecule has 3 heteroatoms. The van der Waals surface area contributed by atoms with Crippen molar-refractivity contribution in [3.8, 4) is 0 Å². The fourth-order valence-corrected chi connectivity index (χ4v) is 4.36. The number of carboxylic acid groups (broad SMARTS) is 1. The molecule has 0 aromatic carbocycles. The van der Waals surface area contributed by atoms with E-state index in [1.165, 1.54) is 108 Å². The minimum Gasteiger partial charge on any atom is -0.481 e. The van der Waals surface area contributed by atoms with Crippen molar-refractivity contribution in [1.29, 1.82) is 0 Å². The third kappa shape index (κ3) is 23.8. The number of aliphatic carboxylic acids is 1. The number of carboxylic acids is 1. The molecule has 1 N–H and O–H groups in total. The highest BCUT2D eigenvalue weighted by Crippen LogP contribution is 2.15. The average Bonchev–Trinajstić information content (AvgIpc) is 2.62. The van der Waals surface area contributed by atoms with Crippen LogP contribution in [0, 0.1) is 0 Å². The van der Waals surface area contributed by atoms with Crippen LogP contribution in [0.3, 0.4) is 0 Å². The Kier molecular flexibility index (Phi) is 22.7. The molecule has 0 saturated heterocycles. The van der Waals surface area contributed by atoms with Gasteiger partial charge < -0.3 is 5.11 Å². The number of carbonyl (C=O) groups is 1. The lowest BCUT2D eigenvalue weighted by atomic mass is 10.0. The first kappa shape index (κ1) is 25.8. The highest BCUT2D eigenvalue weighted by atomic mass is 32.2. The molecular formula is C23H46O2S. The predicted molar refractivity (Wildman–Crippen MR) is 118 cm³/mol. The van der Waals surface area contributed by atoms with Gasteiger partial charge in [0.15, 0.2) is 0 Å². The molecule has 0 rings (SSSR count). The number of thioether (sulfide) groups is 1. The summed E-state index contributed by atoms with van der Waals surface area (Å²) in [5, 5.41) is 8.57. The van der Waals surface area contributed by atoms with Gasteiger partial charge in [-0.1, -0.05) is 103 Å². The van der Waals surface area contributed by atoms with Crippen LogP contribution < -0.4 is 0 Å². The lowest BCUT2D eigenvalue weighted by Gasteiger charge is -2.04. The Morgan fingerprint density at radius 1 is 0.577 bits per heavy atom. The van der Waals surface area contributed by atoms with Crippen molar-refractivity contribution in [2.75, 3.05) is 11.5 Å². The van der Waals surface area contributed by atoms with Crippen LogP contribution in [-0.4, -0.2) is 22.6 Å². The number of hydrogen-bond donors (Lipinski definition) is 1. The molecule has 26 heavy (non-hydrogen) atoms. The van der Waals surface area contributed by atoms with Gasteiger partial charge in [0.1, 0.15) is 0 Å². The molecule has 0 aliphatic rings. The van der Waals surface area contributed by atoms with Crippen LogP contribution >= 0.6 is 11.8 Å². The van der Waals surface area contributed by atoms with Gasteiger partial charge in [0.05, 0.1) is 0 Å². The summed E-state index contributed by atoms with van der Waals surface area (Å²) in [6.45, 7) is 2.29.